The minimum absolute atomic E-state index is 0.000836. The fraction of sp³-hybridized carbons (Fsp3) is 0.455. The van der Waals surface area contributed by atoms with Gasteiger partial charge in [0.1, 0.15) is 5.82 Å². The molecule has 0 radical (unpaired) electrons. The van der Waals surface area contributed by atoms with Gasteiger partial charge >= 0.3 is 0 Å². The molecule has 30 heavy (non-hydrogen) atoms. The van der Waals surface area contributed by atoms with Gasteiger partial charge in [-0.15, -0.1) is 0 Å². The average molecular weight is 409 g/mol. The number of pyridine rings is 2. The van der Waals surface area contributed by atoms with Crippen molar-refractivity contribution in [1.82, 2.24) is 25.1 Å². The van der Waals surface area contributed by atoms with Gasteiger partial charge in [0, 0.05) is 42.7 Å². The second-order valence-electron chi connectivity index (χ2n) is 8.65. The molecule has 3 aromatic rings. The lowest BCUT2D eigenvalue weighted by Crippen LogP contribution is -2.34. The molecule has 1 aliphatic heterocycles. The van der Waals surface area contributed by atoms with Crippen molar-refractivity contribution >= 4 is 22.5 Å². The monoisotopic (exact) mass is 408 g/mol. The zero-order valence-electron chi connectivity index (χ0n) is 17.6. The lowest BCUT2D eigenvalue weighted by atomic mass is 9.97. The summed E-state index contributed by atoms with van der Waals surface area (Å²) in [5.74, 6) is 0.498. The van der Waals surface area contributed by atoms with Crippen molar-refractivity contribution in [2.24, 2.45) is 13.0 Å². The van der Waals surface area contributed by atoms with E-state index in [1.807, 2.05) is 25.4 Å². The lowest BCUT2D eigenvalue weighted by Gasteiger charge is -2.22. The highest BCUT2D eigenvalue weighted by Crippen LogP contribution is 2.28. The predicted molar refractivity (Wildman–Crippen MR) is 116 cm³/mol. The number of carbonyl (C=O) groups excluding carboxylic acids is 1. The van der Waals surface area contributed by atoms with Gasteiger partial charge in [-0.05, 0) is 57.3 Å². The molecule has 3 N–H and O–H groups in total. The minimum atomic E-state index is -0.931. The summed E-state index contributed by atoms with van der Waals surface area (Å²) in [5, 5.41) is 22.7. The van der Waals surface area contributed by atoms with Crippen molar-refractivity contribution < 1.29 is 9.90 Å². The Morgan fingerprint density at radius 3 is 2.73 bits per heavy atom. The molecule has 8 heteroatoms. The van der Waals surface area contributed by atoms with E-state index in [-0.39, 0.29) is 11.8 Å². The van der Waals surface area contributed by atoms with Crippen molar-refractivity contribution in [2.75, 3.05) is 18.4 Å². The number of hydrogen-bond donors (Lipinski definition) is 3. The Labute approximate surface area is 175 Å². The molecular formula is C22H28N6O2. The number of aromatic nitrogens is 4. The Morgan fingerprint density at radius 2 is 2.07 bits per heavy atom. The highest BCUT2D eigenvalue weighted by Gasteiger charge is 2.23. The summed E-state index contributed by atoms with van der Waals surface area (Å²) in [6, 6.07) is 3.85. The summed E-state index contributed by atoms with van der Waals surface area (Å²) in [7, 11) is 1.87. The molecule has 0 atom stereocenters. The summed E-state index contributed by atoms with van der Waals surface area (Å²) >= 11 is 0. The number of anilines is 1. The van der Waals surface area contributed by atoms with Crippen molar-refractivity contribution in [3.8, 4) is 11.3 Å². The van der Waals surface area contributed by atoms with Gasteiger partial charge in [-0.3, -0.25) is 14.5 Å². The molecule has 8 nitrogen and oxygen atoms in total. The normalized spacial score (nSPS) is 15.5. The maximum absolute atomic E-state index is 12.7. The fourth-order valence-corrected chi connectivity index (χ4v) is 3.85. The van der Waals surface area contributed by atoms with Gasteiger partial charge in [0.05, 0.1) is 23.2 Å². The molecule has 0 bridgehead atoms. The van der Waals surface area contributed by atoms with E-state index in [4.69, 9.17) is 0 Å². The maximum Gasteiger partial charge on any atom is 0.228 e. The van der Waals surface area contributed by atoms with E-state index < -0.39 is 5.60 Å². The number of aryl methyl sites for hydroxylation is 1. The second kappa shape index (κ2) is 8.12. The summed E-state index contributed by atoms with van der Waals surface area (Å²) in [5.41, 5.74) is 1.50. The predicted octanol–water partition coefficient (Wildman–Crippen LogP) is 2.28. The third-order valence-electron chi connectivity index (χ3n) is 5.36. The van der Waals surface area contributed by atoms with Gasteiger partial charge in [-0.2, -0.15) is 5.10 Å². The smallest absolute Gasteiger partial charge is 0.228 e. The minimum Gasteiger partial charge on any atom is -0.390 e. The van der Waals surface area contributed by atoms with Crippen LogP contribution in [0.4, 0.5) is 5.82 Å². The van der Waals surface area contributed by atoms with Gasteiger partial charge in [-0.25, -0.2) is 4.98 Å². The topological polar surface area (TPSA) is 105 Å². The van der Waals surface area contributed by atoms with Gasteiger partial charge in [0.25, 0.3) is 0 Å². The van der Waals surface area contributed by atoms with Crippen LogP contribution >= 0.6 is 0 Å². The molecule has 3 aromatic heterocycles. The number of nitrogens with zero attached hydrogens (tertiary/aromatic N) is 4. The summed E-state index contributed by atoms with van der Waals surface area (Å²) in [6.45, 7) is 5.21. The Bertz CT molecular complexity index is 1060. The summed E-state index contributed by atoms with van der Waals surface area (Å²) < 4.78 is 1.73. The summed E-state index contributed by atoms with van der Waals surface area (Å²) in [4.78, 5) is 22.0. The third kappa shape index (κ3) is 4.66. The molecule has 4 heterocycles. The van der Waals surface area contributed by atoms with Crippen LogP contribution in [0.3, 0.4) is 0 Å². The zero-order valence-corrected chi connectivity index (χ0v) is 17.6. The van der Waals surface area contributed by atoms with Gasteiger partial charge in [0.2, 0.25) is 5.91 Å². The highest BCUT2D eigenvalue weighted by molar-refractivity contribution is 5.95. The number of nitrogens with one attached hydrogen (secondary N) is 2. The van der Waals surface area contributed by atoms with Crippen LogP contribution in [0.2, 0.25) is 0 Å². The number of fused-ring (bicyclic) bond motifs is 1. The molecule has 1 fully saturated rings. The van der Waals surface area contributed by atoms with E-state index >= 15 is 0 Å². The van der Waals surface area contributed by atoms with Gasteiger partial charge in [0.15, 0.2) is 0 Å². The Balaban J connectivity index is 1.72. The molecule has 1 aliphatic rings. The van der Waals surface area contributed by atoms with Crippen LogP contribution in [-0.2, 0) is 18.3 Å². The zero-order chi connectivity index (χ0) is 21.3. The van der Waals surface area contributed by atoms with E-state index in [2.05, 4.69) is 25.7 Å². The van der Waals surface area contributed by atoms with E-state index in [0.717, 1.165) is 48.0 Å². The quantitative estimate of drug-likeness (QED) is 0.598. The molecule has 4 rings (SSSR count). The molecule has 0 spiro atoms. The van der Waals surface area contributed by atoms with Crippen LogP contribution in [0.5, 0.6) is 0 Å². The summed E-state index contributed by atoms with van der Waals surface area (Å²) in [6.07, 6.45) is 7.47. The van der Waals surface area contributed by atoms with E-state index in [9.17, 15) is 9.90 Å². The first-order chi connectivity index (χ1) is 14.3. The van der Waals surface area contributed by atoms with Crippen LogP contribution in [-0.4, -0.2) is 49.5 Å². The molecule has 0 aromatic carbocycles. The number of piperidine rings is 1. The first-order valence-corrected chi connectivity index (χ1v) is 10.3. The molecule has 158 valence electrons. The molecule has 1 saturated heterocycles. The third-order valence-corrected chi connectivity index (χ3v) is 5.36. The second-order valence-corrected chi connectivity index (χ2v) is 8.65. The molecule has 0 saturated carbocycles. The first-order valence-electron chi connectivity index (χ1n) is 10.3. The highest BCUT2D eigenvalue weighted by atomic mass is 16.3. The number of rotatable bonds is 5. The molecule has 1 amide bonds. The van der Waals surface area contributed by atoms with Crippen molar-refractivity contribution in [3.63, 3.8) is 0 Å². The SMILES string of the molecule is Cn1cc(-c2cc3cc(NC(=O)C4CCNCC4)nc(CC(C)(C)O)c3cn2)cn1. The van der Waals surface area contributed by atoms with Crippen LogP contribution in [0, 0.1) is 5.92 Å². The Morgan fingerprint density at radius 1 is 1.30 bits per heavy atom. The number of hydrogen-bond acceptors (Lipinski definition) is 6. The van der Waals surface area contributed by atoms with Crippen molar-refractivity contribution in [2.45, 2.75) is 38.7 Å². The molecule has 0 aliphatic carbocycles. The number of carbonyl (C=O) groups is 1. The van der Waals surface area contributed by atoms with Gasteiger partial charge < -0.3 is 15.7 Å². The van der Waals surface area contributed by atoms with E-state index in [1.165, 1.54) is 0 Å². The van der Waals surface area contributed by atoms with Crippen LogP contribution in [0.1, 0.15) is 32.4 Å². The lowest BCUT2D eigenvalue weighted by molar-refractivity contribution is -0.120. The molecular weight excluding hydrogens is 380 g/mol. The van der Waals surface area contributed by atoms with Gasteiger partial charge in [-0.1, -0.05) is 0 Å². The van der Waals surface area contributed by atoms with Crippen LogP contribution in [0.25, 0.3) is 22.0 Å². The maximum atomic E-state index is 12.7. The van der Waals surface area contributed by atoms with Crippen molar-refractivity contribution in [3.05, 3.63) is 36.4 Å². The molecule has 0 unspecified atom stereocenters. The number of amides is 1. The Hall–Kier alpha value is -2.84. The average Bonchev–Trinajstić information content (AvgIpc) is 3.13. The standard InChI is InChI=1S/C22H28N6O2/c1-22(2,30)10-19-17-12-24-18(16-11-25-28(3)13-16)8-15(17)9-20(26-19)27-21(29)14-4-6-23-7-5-14/h8-9,11-14,23,30H,4-7,10H2,1-3H3,(H,26,27,29). The van der Waals surface area contributed by atoms with E-state index in [0.29, 0.717) is 17.9 Å². The van der Waals surface area contributed by atoms with Crippen LogP contribution < -0.4 is 10.6 Å². The first kappa shape index (κ1) is 20.4. The fourth-order valence-electron chi connectivity index (χ4n) is 3.85. The van der Waals surface area contributed by atoms with E-state index in [1.54, 1.807) is 30.9 Å². The largest absolute Gasteiger partial charge is 0.390 e. The van der Waals surface area contributed by atoms with Crippen LogP contribution in [0.15, 0.2) is 30.7 Å². The Kier molecular flexibility index (Phi) is 5.53. The van der Waals surface area contributed by atoms with Crippen molar-refractivity contribution in [1.29, 1.82) is 0 Å². The number of aliphatic hydroxyl groups is 1.